The Kier molecular flexibility index (Phi) is 3.49. The minimum atomic E-state index is -0.390. The summed E-state index contributed by atoms with van der Waals surface area (Å²) in [4.78, 5) is 14.0. The van der Waals surface area contributed by atoms with Crippen LogP contribution in [0.1, 0.15) is 24.8 Å². The average molecular weight is 273 g/mol. The summed E-state index contributed by atoms with van der Waals surface area (Å²) in [5.41, 5.74) is 1.70. The number of aliphatic hydroxyl groups is 1. The molecule has 2 aliphatic heterocycles. The van der Waals surface area contributed by atoms with Crippen LogP contribution in [0.4, 0.5) is 0 Å². The predicted molar refractivity (Wildman–Crippen MR) is 75.1 cm³/mol. The Morgan fingerprint density at radius 1 is 1.35 bits per heavy atom. The minimum absolute atomic E-state index is 0.0388. The highest BCUT2D eigenvalue weighted by atomic mass is 16.5. The van der Waals surface area contributed by atoms with Crippen LogP contribution < -0.4 is 0 Å². The number of ether oxygens (including phenoxy) is 1. The van der Waals surface area contributed by atoms with E-state index in [0.717, 1.165) is 19.4 Å². The van der Waals surface area contributed by atoms with Gasteiger partial charge in [-0.3, -0.25) is 4.90 Å². The topological polar surface area (TPSA) is 49.8 Å². The largest absolute Gasteiger partial charge is 0.510 e. The quantitative estimate of drug-likeness (QED) is 0.859. The molecule has 106 valence electrons. The van der Waals surface area contributed by atoms with Crippen molar-refractivity contribution >= 4 is 5.97 Å². The Bertz CT molecular complexity index is 538. The van der Waals surface area contributed by atoms with Crippen molar-refractivity contribution in [1.82, 2.24) is 4.90 Å². The van der Waals surface area contributed by atoms with Crippen LogP contribution in [0.25, 0.3) is 0 Å². The van der Waals surface area contributed by atoms with Crippen LogP contribution in [0.2, 0.25) is 0 Å². The van der Waals surface area contributed by atoms with Gasteiger partial charge in [0.1, 0.15) is 5.76 Å². The van der Waals surface area contributed by atoms with Gasteiger partial charge in [-0.1, -0.05) is 30.3 Å². The number of aliphatic hydroxyl groups excluding tert-OH is 1. The van der Waals surface area contributed by atoms with E-state index < -0.39 is 5.97 Å². The van der Waals surface area contributed by atoms with Crippen molar-refractivity contribution in [3.05, 3.63) is 47.2 Å². The van der Waals surface area contributed by atoms with Crippen molar-refractivity contribution in [3.8, 4) is 0 Å². The molecule has 2 bridgehead atoms. The number of rotatable bonds is 3. The molecule has 1 N–H and O–H groups in total. The maximum Gasteiger partial charge on any atom is 0.337 e. The zero-order valence-corrected chi connectivity index (χ0v) is 11.6. The van der Waals surface area contributed by atoms with Crippen LogP contribution in [-0.2, 0) is 16.1 Å². The Balaban J connectivity index is 1.83. The van der Waals surface area contributed by atoms with Crippen molar-refractivity contribution in [3.63, 3.8) is 0 Å². The second-order valence-electron chi connectivity index (χ2n) is 5.46. The van der Waals surface area contributed by atoms with Crippen LogP contribution >= 0.6 is 0 Å². The van der Waals surface area contributed by atoms with Gasteiger partial charge in [0.05, 0.1) is 18.7 Å². The van der Waals surface area contributed by atoms with Gasteiger partial charge in [0.15, 0.2) is 0 Å². The summed E-state index contributed by atoms with van der Waals surface area (Å²) in [5.74, 6) is -0.180. The summed E-state index contributed by atoms with van der Waals surface area (Å²) in [7, 11) is 1.36. The fourth-order valence-electron chi connectivity index (χ4n) is 3.34. The molecule has 0 unspecified atom stereocenters. The molecule has 0 aromatic heterocycles. The summed E-state index contributed by atoms with van der Waals surface area (Å²) >= 11 is 0. The van der Waals surface area contributed by atoms with Crippen LogP contribution in [0.15, 0.2) is 41.7 Å². The third-order valence-electron chi connectivity index (χ3n) is 4.35. The molecule has 0 amide bonds. The van der Waals surface area contributed by atoms with E-state index in [1.165, 1.54) is 12.7 Å². The van der Waals surface area contributed by atoms with Crippen molar-refractivity contribution < 1.29 is 14.6 Å². The van der Waals surface area contributed by atoms with Gasteiger partial charge in [-0.05, 0) is 24.8 Å². The maximum atomic E-state index is 11.7. The highest BCUT2D eigenvalue weighted by molar-refractivity contribution is 5.89. The van der Waals surface area contributed by atoms with Gasteiger partial charge < -0.3 is 9.84 Å². The first-order valence-electron chi connectivity index (χ1n) is 7.00. The van der Waals surface area contributed by atoms with E-state index in [2.05, 4.69) is 17.0 Å². The molecule has 0 aliphatic carbocycles. The second-order valence-corrected chi connectivity index (χ2v) is 5.46. The lowest BCUT2D eigenvalue weighted by atomic mass is 9.98. The number of nitrogens with zero attached hydrogens (tertiary/aromatic N) is 1. The fraction of sp³-hybridized carbons (Fsp3) is 0.438. The minimum Gasteiger partial charge on any atom is -0.510 e. The van der Waals surface area contributed by atoms with E-state index in [4.69, 9.17) is 4.74 Å². The molecule has 0 saturated carbocycles. The number of carbonyl (C=O) groups is 1. The first-order valence-corrected chi connectivity index (χ1v) is 7.00. The van der Waals surface area contributed by atoms with E-state index in [0.29, 0.717) is 18.0 Å². The second kappa shape index (κ2) is 5.29. The van der Waals surface area contributed by atoms with E-state index in [9.17, 15) is 9.90 Å². The number of hydrogen-bond acceptors (Lipinski definition) is 4. The van der Waals surface area contributed by atoms with Gasteiger partial charge in [0, 0.05) is 12.6 Å². The third kappa shape index (κ3) is 2.20. The molecule has 2 heterocycles. The van der Waals surface area contributed by atoms with E-state index in [-0.39, 0.29) is 11.8 Å². The first kappa shape index (κ1) is 13.2. The van der Waals surface area contributed by atoms with Gasteiger partial charge in [0.25, 0.3) is 0 Å². The number of hydrogen-bond donors (Lipinski definition) is 1. The molecular weight excluding hydrogens is 254 g/mol. The molecule has 1 aromatic rings. The Morgan fingerprint density at radius 3 is 2.80 bits per heavy atom. The Hall–Kier alpha value is -1.81. The van der Waals surface area contributed by atoms with Crippen molar-refractivity contribution in [2.45, 2.75) is 37.9 Å². The van der Waals surface area contributed by atoms with Gasteiger partial charge in [-0.2, -0.15) is 0 Å². The van der Waals surface area contributed by atoms with Crippen LogP contribution in [0.5, 0.6) is 0 Å². The molecule has 4 nitrogen and oxygen atoms in total. The molecule has 4 heteroatoms. The summed E-state index contributed by atoms with van der Waals surface area (Å²) in [6.07, 6.45) is 2.51. The summed E-state index contributed by atoms with van der Waals surface area (Å²) in [6, 6.07) is 10.5. The van der Waals surface area contributed by atoms with Crippen LogP contribution in [0.3, 0.4) is 0 Å². The Labute approximate surface area is 118 Å². The molecular formula is C16H19NO3. The van der Waals surface area contributed by atoms with Gasteiger partial charge in [-0.25, -0.2) is 4.79 Å². The van der Waals surface area contributed by atoms with Crippen LogP contribution in [0, 0.1) is 0 Å². The smallest absolute Gasteiger partial charge is 0.337 e. The Morgan fingerprint density at radius 2 is 2.10 bits per heavy atom. The zero-order chi connectivity index (χ0) is 14.1. The number of methoxy groups -OCH3 is 1. The molecule has 3 rings (SSSR count). The highest BCUT2D eigenvalue weighted by Gasteiger charge is 2.43. The average Bonchev–Trinajstić information content (AvgIpc) is 2.78. The highest BCUT2D eigenvalue weighted by Crippen LogP contribution is 2.39. The SMILES string of the molecule is COC(=O)C1=C(O)[C@@H]2CC[C@H](C1)N2Cc1ccccc1. The van der Waals surface area contributed by atoms with Gasteiger partial charge >= 0.3 is 5.97 Å². The number of carbonyl (C=O) groups excluding carboxylic acids is 1. The lowest BCUT2D eigenvalue weighted by molar-refractivity contribution is -0.137. The monoisotopic (exact) mass is 273 g/mol. The summed E-state index contributed by atoms with van der Waals surface area (Å²) in [5, 5.41) is 10.3. The van der Waals surface area contributed by atoms with Crippen LogP contribution in [-0.4, -0.2) is 35.2 Å². The first-order chi connectivity index (χ1) is 9.70. The number of fused-ring (bicyclic) bond motifs is 2. The number of esters is 1. The molecule has 1 saturated heterocycles. The van der Waals surface area contributed by atoms with Gasteiger partial charge in [-0.15, -0.1) is 0 Å². The maximum absolute atomic E-state index is 11.7. The molecule has 0 radical (unpaired) electrons. The van der Waals surface area contributed by atoms with E-state index in [1.54, 1.807) is 0 Å². The van der Waals surface area contributed by atoms with Crippen molar-refractivity contribution in [2.24, 2.45) is 0 Å². The fourth-order valence-corrected chi connectivity index (χ4v) is 3.34. The number of benzene rings is 1. The standard InChI is InChI=1S/C16H19NO3/c1-20-16(19)13-9-12-7-8-14(15(13)18)17(12)10-11-5-3-2-4-6-11/h2-6,12,14,18H,7-10H2,1H3/t12-,14+/m1/s1. The molecule has 1 fully saturated rings. The molecule has 1 aromatic carbocycles. The van der Waals surface area contributed by atoms with E-state index in [1.807, 2.05) is 18.2 Å². The predicted octanol–water partition coefficient (Wildman–Crippen LogP) is 2.41. The third-order valence-corrected chi connectivity index (χ3v) is 4.35. The van der Waals surface area contributed by atoms with Crippen molar-refractivity contribution in [1.29, 1.82) is 0 Å². The summed E-state index contributed by atoms with van der Waals surface area (Å²) in [6.45, 7) is 0.814. The molecule has 0 spiro atoms. The summed E-state index contributed by atoms with van der Waals surface area (Å²) < 4.78 is 4.76. The lowest BCUT2D eigenvalue weighted by Gasteiger charge is -2.34. The van der Waals surface area contributed by atoms with Gasteiger partial charge in [0.2, 0.25) is 0 Å². The lowest BCUT2D eigenvalue weighted by Crippen LogP contribution is -2.42. The molecule has 2 atom stereocenters. The molecule has 2 aliphatic rings. The normalized spacial score (nSPS) is 25.9. The van der Waals surface area contributed by atoms with E-state index >= 15 is 0 Å². The zero-order valence-electron chi connectivity index (χ0n) is 11.6. The van der Waals surface area contributed by atoms with Crippen molar-refractivity contribution in [2.75, 3.05) is 7.11 Å². The molecule has 20 heavy (non-hydrogen) atoms.